The Hall–Kier alpha value is -1.75. The first kappa shape index (κ1) is 14.3. The van der Waals surface area contributed by atoms with Gasteiger partial charge in [0.25, 0.3) is 0 Å². The zero-order valence-corrected chi connectivity index (χ0v) is 10.7. The molecule has 0 spiro atoms. The number of rotatable bonds is 7. The zero-order valence-electron chi connectivity index (χ0n) is 10.7. The number of nitrogen functional groups attached to an aromatic ring is 1. The smallest absolute Gasteiger partial charge is 0.347 e. The summed E-state index contributed by atoms with van der Waals surface area (Å²) < 4.78 is 15.5. The minimum atomic E-state index is -0.673. The summed E-state index contributed by atoms with van der Waals surface area (Å²) in [5.41, 5.74) is 6.20. The van der Waals surface area contributed by atoms with Gasteiger partial charge < -0.3 is 19.9 Å². The van der Waals surface area contributed by atoms with Crippen LogP contribution in [0.4, 0.5) is 5.69 Å². The zero-order chi connectivity index (χ0) is 13.4. The lowest BCUT2D eigenvalue weighted by Crippen LogP contribution is -2.27. The van der Waals surface area contributed by atoms with Crippen LogP contribution in [0, 0.1) is 0 Å². The molecule has 0 saturated carbocycles. The fourth-order valence-corrected chi connectivity index (χ4v) is 1.30. The van der Waals surface area contributed by atoms with E-state index in [9.17, 15) is 4.79 Å². The SMILES string of the molecule is CCOCCOC(=O)[C@@H](C)Oc1cccc(N)c1. The van der Waals surface area contributed by atoms with E-state index in [0.717, 1.165) is 0 Å². The van der Waals surface area contributed by atoms with Crippen LogP contribution in [0.15, 0.2) is 24.3 Å². The van der Waals surface area contributed by atoms with E-state index in [1.54, 1.807) is 31.2 Å². The molecule has 0 heterocycles. The number of carbonyl (C=O) groups is 1. The molecular formula is C13H19NO4. The Balaban J connectivity index is 2.35. The Kier molecular flexibility index (Phi) is 6.00. The number of esters is 1. The lowest BCUT2D eigenvalue weighted by atomic mass is 10.3. The third kappa shape index (κ3) is 5.05. The van der Waals surface area contributed by atoms with Gasteiger partial charge in [0.1, 0.15) is 12.4 Å². The quantitative estimate of drug-likeness (QED) is 0.454. The van der Waals surface area contributed by atoms with Crippen molar-refractivity contribution in [2.75, 3.05) is 25.6 Å². The molecule has 0 saturated heterocycles. The second-order valence-corrected chi connectivity index (χ2v) is 3.70. The summed E-state index contributed by atoms with van der Waals surface area (Å²) in [6.45, 7) is 4.75. The van der Waals surface area contributed by atoms with Crippen LogP contribution in [0.5, 0.6) is 5.75 Å². The molecule has 0 aliphatic carbocycles. The van der Waals surface area contributed by atoms with Crippen LogP contribution in [-0.2, 0) is 14.3 Å². The van der Waals surface area contributed by atoms with Gasteiger partial charge in [-0.2, -0.15) is 0 Å². The van der Waals surface area contributed by atoms with E-state index in [2.05, 4.69) is 0 Å². The van der Waals surface area contributed by atoms with Gasteiger partial charge in [-0.25, -0.2) is 4.79 Å². The Morgan fingerprint density at radius 1 is 1.39 bits per heavy atom. The van der Waals surface area contributed by atoms with Crippen LogP contribution >= 0.6 is 0 Å². The molecule has 0 fully saturated rings. The first-order valence-electron chi connectivity index (χ1n) is 5.90. The second kappa shape index (κ2) is 7.55. The molecule has 1 rings (SSSR count). The minimum absolute atomic E-state index is 0.233. The first-order chi connectivity index (χ1) is 8.63. The number of hydrogen-bond acceptors (Lipinski definition) is 5. The van der Waals surface area contributed by atoms with Gasteiger partial charge in [-0.15, -0.1) is 0 Å². The molecule has 0 bridgehead atoms. The van der Waals surface area contributed by atoms with Crippen molar-refractivity contribution in [1.82, 2.24) is 0 Å². The van der Waals surface area contributed by atoms with Crippen LogP contribution in [0.1, 0.15) is 13.8 Å². The largest absolute Gasteiger partial charge is 0.479 e. The number of carbonyl (C=O) groups excluding carboxylic acids is 1. The average Bonchev–Trinajstić information content (AvgIpc) is 2.34. The maximum atomic E-state index is 11.6. The van der Waals surface area contributed by atoms with E-state index in [0.29, 0.717) is 24.7 Å². The third-order valence-electron chi connectivity index (χ3n) is 2.18. The minimum Gasteiger partial charge on any atom is -0.479 e. The van der Waals surface area contributed by atoms with Crippen LogP contribution in [0.2, 0.25) is 0 Å². The second-order valence-electron chi connectivity index (χ2n) is 3.70. The molecule has 0 aliphatic heterocycles. The highest BCUT2D eigenvalue weighted by Gasteiger charge is 2.16. The molecule has 1 atom stereocenters. The van der Waals surface area contributed by atoms with E-state index in [-0.39, 0.29) is 6.61 Å². The van der Waals surface area contributed by atoms with Crippen LogP contribution in [0.3, 0.4) is 0 Å². The molecule has 1 aromatic rings. The predicted molar refractivity (Wildman–Crippen MR) is 68.4 cm³/mol. The molecule has 1 aromatic carbocycles. The summed E-state index contributed by atoms with van der Waals surface area (Å²) in [4.78, 5) is 11.6. The summed E-state index contributed by atoms with van der Waals surface area (Å²) >= 11 is 0. The van der Waals surface area contributed by atoms with Crippen molar-refractivity contribution in [3.63, 3.8) is 0 Å². The molecule has 5 nitrogen and oxygen atoms in total. The van der Waals surface area contributed by atoms with E-state index in [4.69, 9.17) is 19.9 Å². The topological polar surface area (TPSA) is 70.8 Å². The normalized spacial score (nSPS) is 11.9. The highest BCUT2D eigenvalue weighted by Crippen LogP contribution is 2.16. The molecule has 2 N–H and O–H groups in total. The summed E-state index contributed by atoms with van der Waals surface area (Å²) in [6.07, 6.45) is -0.673. The van der Waals surface area contributed by atoms with Crippen LogP contribution in [-0.4, -0.2) is 31.9 Å². The molecule has 0 amide bonds. The van der Waals surface area contributed by atoms with Gasteiger partial charge in [0.05, 0.1) is 6.61 Å². The van der Waals surface area contributed by atoms with Crippen molar-refractivity contribution in [2.45, 2.75) is 20.0 Å². The fraction of sp³-hybridized carbons (Fsp3) is 0.462. The number of ether oxygens (including phenoxy) is 3. The third-order valence-corrected chi connectivity index (χ3v) is 2.18. The number of nitrogens with two attached hydrogens (primary N) is 1. The number of benzene rings is 1. The Bertz CT molecular complexity index is 381. The van der Waals surface area contributed by atoms with Gasteiger partial charge in [-0.05, 0) is 26.0 Å². The number of hydrogen-bond donors (Lipinski definition) is 1. The van der Waals surface area contributed by atoms with E-state index < -0.39 is 12.1 Å². The van der Waals surface area contributed by atoms with Crippen molar-refractivity contribution >= 4 is 11.7 Å². The molecule has 5 heteroatoms. The Morgan fingerprint density at radius 2 is 2.17 bits per heavy atom. The van der Waals surface area contributed by atoms with Crippen LogP contribution in [0.25, 0.3) is 0 Å². The van der Waals surface area contributed by atoms with E-state index in [1.807, 2.05) is 6.92 Å². The lowest BCUT2D eigenvalue weighted by Gasteiger charge is -2.14. The summed E-state index contributed by atoms with van der Waals surface area (Å²) in [6, 6.07) is 6.90. The fourth-order valence-electron chi connectivity index (χ4n) is 1.30. The highest BCUT2D eigenvalue weighted by molar-refractivity contribution is 5.74. The molecule has 18 heavy (non-hydrogen) atoms. The van der Waals surface area contributed by atoms with Gasteiger partial charge in [0, 0.05) is 18.4 Å². The molecule has 0 unspecified atom stereocenters. The highest BCUT2D eigenvalue weighted by atomic mass is 16.6. The average molecular weight is 253 g/mol. The van der Waals surface area contributed by atoms with Crippen molar-refractivity contribution in [3.05, 3.63) is 24.3 Å². The van der Waals surface area contributed by atoms with Gasteiger partial charge in [-0.3, -0.25) is 0 Å². The van der Waals surface area contributed by atoms with E-state index in [1.165, 1.54) is 0 Å². The van der Waals surface area contributed by atoms with Crippen molar-refractivity contribution in [2.24, 2.45) is 0 Å². The summed E-state index contributed by atoms with van der Waals surface area (Å²) in [7, 11) is 0. The van der Waals surface area contributed by atoms with Gasteiger partial charge in [0.15, 0.2) is 6.10 Å². The van der Waals surface area contributed by atoms with Crippen LogP contribution < -0.4 is 10.5 Å². The van der Waals surface area contributed by atoms with Gasteiger partial charge in [0.2, 0.25) is 0 Å². The van der Waals surface area contributed by atoms with Gasteiger partial charge >= 0.3 is 5.97 Å². The molecule has 0 radical (unpaired) electrons. The van der Waals surface area contributed by atoms with E-state index >= 15 is 0 Å². The lowest BCUT2D eigenvalue weighted by molar-refractivity contribution is -0.152. The monoisotopic (exact) mass is 253 g/mol. The van der Waals surface area contributed by atoms with Crippen molar-refractivity contribution in [3.8, 4) is 5.75 Å². The van der Waals surface area contributed by atoms with Crippen molar-refractivity contribution < 1.29 is 19.0 Å². The maximum absolute atomic E-state index is 11.6. The Labute approximate surface area is 107 Å². The molecule has 0 aliphatic rings. The summed E-state index contributed by atoms with van der Waals surface area (Å²) in [5, 5.41) is 0. The Morgan fingerprint density at radius 3 is 2.83 bits per heavy atom. The maximum Gasteiger partial charge on any atom is 0.347 e. The van der Waals surface area contributed by atoms with Gasteiger partial charge in [-0.1, -0.05) is 6.07 Å². The number of anilines is 1. The molecular weight excluding hydrogens is 234 g/mol. The predicted octanol–water partition coefficient (Wildman–Crippen LogP) is 1.62. The molecule has 0 aromatic heterocycles. The first-order valence-corrected chi connectivity index (χ1v) is 5.90. The van der Waals surface area contributed by atoms with Crippen molar-refractivity contribution in [1.29, 1.82) is 0 Å². The standard InChI is InChI=1S/C13H19NO4/c1-3-16-7-8-17-13(15)10(2)18-12-6-4-5-11(14)9-12/h4-6,9-10H,3,7-8,14H2,1-2H3/t10-/m1/s1. The summed E-state index contributed by atoms with van der Waals surface area (Å²) in [5.74, 6) is 0.126. The molecule has 100 valence electrons.